The van der Waals surface area contributed by atoms with E-state index >= 15 is 0 Å². The van der Waals surface area contributed by atoms with Crippen molar-refractivity contribution in [3.8, 4) is 11.4 Å². The molecule has 3 aromatic heterocycles. The van der Waals surface area contributed by atoms with Gasteiger partial charge in [0.05, 0.1) is 6.33 Å². The van der Waals surface area contributed by atoms with Gasteiger partial charge in [-0.15, -0.1) is 0 Å². The van der Waals surface area contributed by atoms with Crippen LogP contribution in [0.25, 0.3) is 22.6 Å². The summed E-state index contributed by atoms with van der Waals surface area (Å²) in [5.74, 6) is 0.655. The Morgan fingerprint density at radius 2 is 1.81 bits per heavy atom. The Kier molecular flexibility index (Phi) is 5.52. The van der Waals surface area contributed by atoms with Crippen LogP contribution in [0.2, 0.25) is 0 Å². The number of rotatable bonds is 7. The Bertz CT molecular complexity index is 1350. The molecule has 0 unspecified atom stereocenters. The minimum Gasteiger partial charge on any atom is -0.354 e. The summed E-state index contributed by atoms with van der Waals surface area (Å²) in [7, 11) is 2.95. The van der Waals surface area contributed by atoms with E-state index in [4.69, 9.17) is 0 Å². The van der Waals surface area contributed by atoms with Crippen molar-refractivity contribution in [3.05, 3.63) is 69.9 Å². The molecule has 0 fully saturated rings. The number of carbonyl (C=O) groups excluding carboxylic acids is 1. The smallest absolute Gasteiger partial charge is 0.332 e. The number of benzene rings is 1. The number of imidazole rings is 2. The summed E-state index contributed by atoms with van der Waals surface area (Å²) < 4.78 is 5.82. The molecule has 0 saturated carbocycles. The predicted molar refractivity (Wildman–Crippen MR) is 116 cm³/mol. The molecule has 4 rings (SSSR count). The van der Waals surface area contributed by atoms with Crippen molar-refractivity contribution >= 4 is 17.1 Å². The fourth-order valence-corrected chi connectivity index (χ4v) is 3.54. The van der Waals surface area contributed by atoms with Gasteiger partial charge in [-0.25, -0.2) is 14.8 Å². The van der Waals surface area contributed by atoms with Crippen LogP contribution in [-0.2, 0) is 32.0 Å². The summed E-state index contributed by atoms with van der Waals surface area (Å²) in [5.41, 5.74) is 0.596. The lowest BCUT2D eigenvalue weighted by Crippen LogP contribution is -2.38. The molecule has 31 heavy (non-hydrogen) atoms. The zero-order chi connectivity index (χ0) is 22.0. The van der Waals surface area contributed by atoms with Crippen LogP contribution >= 0.6 is 0 Å². The van der Waals surface area contributed by atoms with Gasteiger partial charge in [0.15, 0.2) is 11.2 Å². The number of aromatic nitrogens is 6. The van der Waals surface area contributed by atoms with Gasteiger partial charge in [-0.2, -0.15) is 0 Å². The molecular formula is C21H23N7O3. The number of amides is 1. The lowest BCUT2D eigenvalue weighted by molar-refractivity contribution is -0.121. The first-order chi connectivity index (χ1) is 15.0. The SMILES string of the molecule is Cn1c(=O)c2c(ncn2CC(=O)NCCCn2ccnc2-c2ccccc2)n(C)c1=O. The summed E-state index contributed by atoms with van der Waals surface area (Å²) in [4.78, 5) is 45.4. The molecule has 1 N–H and O–H groups in total. The summed E-state index contributed by atoms with van der Waals surface area (Å²) in [5, 5.41) is 2.87. The Morgan fingerprint density at radius 1 is 1.03 bits per heavy atom. The number of hydrogen-bond donors (Lipinski definition) is 1. The van der Waals surface area contributed by atoms with E-state index in [0.717, 1.165) is 22.4 Å². The van der Waals surface area contributed by atoms with Gasteiger partial charge >= 0.3 is 5.69 Å². The van der Waals surface area contributed by atoms with E-state index < -0.39 is 11.2 Å². The van der Waals surface area contributed by atoms with E-state index in [9.17, 15) is 14.4 Å². The predicted octanol–water partition coefficient (Wildman–Crippen LogP) is 0.504. The van der Waals surface area contributed by atoms with E-state index in [0.29, 0.717) is 13.1 Å². The first-order valence-corrected chi connectivity index (χ1v) is 9.91. The molecule has 10 nitrogen and oxygen atoms in total. The highest BCUT2D eigenvalue weighted by atomic mass is 16.2. The Labute approximate surface area is 177 Å². The molecule has 0 radical (unpaired) electrons. The van der Waals surface area contributed by atoms with Gasteiger partial charge in [0.2, 0.25) is 5.91 Å². The fraction of sp³-hybridized carbons (Fsp3) is 0.286. The molecule has 0 atom stereocenters. The highest BCUT2D eigenvalue weighted by Gasteiger charge is 2.15. The second-order valence-electron chi connectivity index (χ2n) is 7.26. The van der Waals surface area contributed by atoms with Crippen molar-refractivity contribution in [2.75, 3.05) is 6.54 Å². The van der Waals surface area contributed by atoms with E-state index in [1.54, 1.807) is 13.2 Å². The van der Waals surface area contributed by atoms with Crippen LogP contribution in [0.15, 0.2) is 58.6 Å². The Balaban J connectivity index is 1.37. The molecule has 0 bridgehead atoms. The first kappa shape index (κ1) is 20.3. The maximum absolute atomic E-state index is 12.5. The molecule has 0 aliphatic heterocycles. The Hall–Kier alpha value is -3.95. The van der Waals surface area contributed by atoms with Crippen molar-refractivity contribution in [1.82, 2.24) is 33.6 Å². The van der Waals surface area contributed by atoms with Gasteiger partial charge in [0.25, 0.3) is 5.56 Å². The molecule has 0 aliphatic rings. The van der Waals surface area contributed by atoms with Crippen molar-refractivity contribution in [2.45, 2.75) is 19.5 Å². The monoisotopic (exact) mass is 421 g/mol. The molecule has 3 heterocycles. The molecule has 4 aromatic rings. The number of nitrogens with one attached hydrogen (secondary N) is 1. The van der Waals surface area contributed by atoms with Crippen molar-refractivity contribution in [1.29, 1.82) is 0 Å². The number of carbonyl (C=O) groups is 1. The minimum absolute atomic E-state index is 0.0513. The third kappa shape index (κ3) is 3.91. The second-order valence-corrected chi connectivity index (χ2v) is 7.26. The molecule has 0 spiro atoms. The van der Waals surface area contributed by atoms with Gasteiger partial charge in [-0.1, -0.05) is 30.3 Å². The fourth-order valence-electron chi connectivity index (χ4n) is 3.54. The van der Waals surface area contributed by atoms with Gasteiger partial charge in [-0.05, 0) is 6.42 Å². The van der Waals surface area contributed by atoms with Crippen molar-refractivity contribution in [2.24, 2.45) is 14.1 Å². The highest BCUT2D eigenvalue weighted by Crippen LogP contribution is 2.16. The summed E-state index contributed by atoms with van der Waals surface area (Å²) in [6.07, 6.45) is 5.81. The number of aryl methyl sites for hydroxylation is 2. The third-order valence-electron chi connectivity index (χ3n) is 5.18. The van der Waals surface area contributed by atoms with Gasteiger partial charge < -0.3 is 14.5 Å². The summed E-state index contributed by atoms with van der Waals surface area (Å²) in [6.45, 7) is 1.14. The molecule has 1 amide bonds. The van der Waals surface area contributed by atoms with Crippen LogP contribution in [0.5, 0.6) is 0 Å². The van der Waals surface area contributed by atoms with Gasteiger partial charge in [-0.3, -0.25) is 18.7 Å². The van der Waals surface area contributed by atoms with Gasteiger partial charge in [0, 0.05) is 45.1 Å². The molecule has 1 aromatic carbocycles. The zero-order valence-electron chi connectivity index (χ0n) is 17.4. The number of hydrogen-bond acceptors (Lipinski definition) is 5. The normalized spacial score (nSPS) is 11.2. The maximum Gasteiger partial charge on any atom is 0.332 e. The van der Waals surface area contributed by atoms with Crippen LogP contribution in [-0.4, -0.2) is 40.7 Å². The maximum atomic E-state index is 12.5. The number of fused-ring (bicyclic) bond motifs is 1. The van der Waals surface area contributed by atoms with Crippen LogP contribution < -0.4 is 16.6 Å². The molecule has 10 heteroatoms. The van der Waals surface area contributed by atoms with Crippen molar-refractivity contribution < 1.29 is 4.79 Å². The minimum atomic E-state index is -0.475. The molecule has 160 valence electrons. The lowest BCUT2D eigenvalue weighted by atomic mass is 10.2. The van der Waals surface area contributed by atoms with E-state index in [1.165, 1.54) is 22.5 Å². The molecule has 0 saturated heterocycles. The lowest BCUT2D eigenvalue weighted by Gasteiger charge is -2.10. The standard InChI is InChI=1S/C21H23N7O3/c1-25-19-17(20(30)26(2)21(25)31)28(14-24-19)13-16(29)22-9-6-11-27-12-10-23-18(27)15-7-4-3-5-8-15/h3-5,7-8,10,12,14H,6,9,11,13H2,1-2H3,(H,22,29). The Morgan fingerprint density at radius 3 is 2.58 bits per heavy atom. The van der Waals surface area contributed by atoms with E-state index in [2.05, 4.69) is 19.9 Å². The zero-order valence-corrected chi connectivity index (χ0v) is 17.4. The second kappa shape index (κ2) is 8.42. The topological polar surface area (TPSA) is 109 Å². The average Bonchev–Trinajstić information content (AvgIpc) is 3.41. The number of nitrogens with zero attached hydrogens (tertiary/aromatic N) is 6. The molecular weight excluding hydrogens is 398 g/mol. The first-order valence-electron chi connectivity index (χ1n) is 9.91. The largest absolute Gasteiger partial charge is 0.354 e. The van der Waals surface area contributed by atoms with Crippen LogP contribution in [0.1, 0.15) is 6.42 Å². The third-order valence-corrected chi connectivity index (χ3v) is 5.18. The van der Waals surface area contributed by atoms with Crippen molar-refractivity contribution in [3.63, 3.8) is 0 Å². The van der Waals surface area contributed by atoms with Crippen LogP contribution in [0.4, 0.5) is 0 Å². The van der Waals surface area contributed by atoms with Crippen LogP contribution in [0.3, 0.4) is 0 Å². The quantitative estimate of drug-likeness (QED) is 0.437. The highest BCUT2D eigenvalue weighted by molar-refractivity contribution is 5.78. The average molecular weight is 421 g/mol. The van der Waals surface area contributed by atoms with E-state index in [1.807, 2.05) is 36.5 Å². The van der Waals surface area contributed by atoms with E-state index in [-0.39, 0.29) is 23.6 Å². The molecule has 0 aliphatic carbocycles. The van der Waals surface area contributed by atoms with Crippen LogP contribution in [0, 0.1) is 0 Å². The van der Waals surface area contributed by atoms with Gasteiger partial charge in [0.1, 0.15) is 12.4 Å². The summed E-state index contributed by atoms with van der Waals surface area (Å²) >= 11 is 0. The summed E-state index contributed by atoms with van der Waals surface area (Å²) in [6, 6.07) is 9.93.